The van der Waals surface area contributed by atoms with Gasteiger partial charge in [-0.05, 0) is 36.4 Å². The van der Waals surface area contributed by atoms with Gasteiger partial charge in [0.05, 0.1) is 13.1 Å². The first-order valence-corrected chi connectivity index (χ1v) is 4.05. The molecule has 0 saturated heterocycles. The summed E-state index contributed by atoms with van der Waals surface area (Å²) in [6.45, 7) is 9.44. The highest BCUT2D eigenvalue weighted by atomic mass is 127. The largest absolute Gasteiger partial charge is 0.439 e. The van der Waals surface area contributed by atoms with Gasteiger partial charge in [-0.2, -0.15) is 0 Å². The average Bonchev–Trinajstić information content (AvgIpc) is 1.91. The number of hydrogen-bond acceptors (Lipinski definition) is 2. The maximum atomic E-state index is 10.8. The molecule has 0 spiro atoms. The van der Waals surface area contributed by atoms with Gasteiger partial charge >= 0.3 is 6.09 Å². The van der Waals surface area contributed by atoms with Crippen LogP contribution in [0.1, 0.15) is 0 Å². The summed E-state index contributed by atoms with van der Waals surface area (Å²) in [4.78, 5) is 11.9. The summed E-state index contributed by atoms with van der Waals surface area (Å²) in [5, 5.41) is 0. The Morgan fingerprint density at radius 2 is 2.10 bits per heavy atom. The molecule has 0 aromatic carbocycles. The Morgan fingerprint density at radius 1 is 1.60 bits per heavy atom. The number of rotatable bonds is 3. The van der Waals surface area contributed by atoms with Crippen LogP contribution in [-0.4, -0.2) is 15.6 Å². The van der Waals surface area contributed by atoms with E-state index < -0.39 is 6.09 Å². The van der Waals surface area contributed by atoms with Crippen molar-refractivity contribution in [2.24, 2.45) is 0 Å². The van der Waals surface area contributed by atoms with E-state index in [4.69, 9.17) is 0 Å². The Kier molecular flexibility index (Phi) is 5.76. The summed E-state index contributed by atoms with van der Waals surface area (Å²) in [5.41, 5.74) is 0. The van der Waals surface area contributed by atoms with Gasteiger partial charge in [0, 0.05) is 0 Å². The van der Waals surface area contributed by atoms with Crippen LogP contribution in [0.2, 0.25) is 0 Å². The minimum absolute atomic E-state index is 0.328. The standard InChI is InChI=1S/C6H8INO2/c1-3-8(4-2)6(9)10-5-7/h3-4H,1-2,5H2. The predicted octanol–water partition coefficient (Wildman–Crippen LogP) is 1.81. The van der Waals surface area contributed by atoms with E-state index in [1.807, 2.05) is 22.6 Å². The zero-order valence-electron chi connectivity index (χ0n) is 5.42. The minimum atomic E-state index is -0.459. The van der Waals surface area contributed by atoms with Gasteiger partial charge in [0.25, 0.3) is 0 Å². The molecule has 0 atom stereocenters. The third-order valence-electron chi connectivity index (χ3n) is 0.782. The molecule has 0 N–H and O–H groups in total. The Labute approximate surface area is 74.9 Å². The first-order valence-electron chi connectivity index (χ1n) is 2.52. The number of amides is 1. The summed E-state index contributed by atoms with van der Waals surface area (Å²) < 4.78 is 4.95. The summed E-state index contributed by atoms with van der Waals surface area (Å²) in [7, 11) is 0. The Morgan fingerprint density at radius 3 is 2.40 bits per heavy atom. The van der Waals surface area contributed by atoms with Crippen LogP contribution in [0.15, 0.2) is 0 Å². The Balaban J connectivity index is 3.65. The molecule has 0 aromatic heterocycles. The first kappa shape index (κ1) is 10.0. The van der Waals surface area contributed by atoms with Crippen molar-refractivity contribution in [3.63, 3.8) is 0 Å². The molecule has 0 rings (SSSR count). The maximum absolute atomic E-state index is 10.8. The van der Waals surface area contributed by atoms with Crippen LogP contribution in [0.3, 0.4) is 0 Å². The van der Waals surface area contributed by atoms with E-state index in [1.54, 1.807) is 0 Å². The second-order valence-electron chi connectivity index (χ2n) is 1.29. The summed E-state index contributed by atoms with van der Waals surface area (Å²) in [6, 6.07) is 0. The molecule has 0 aliphatic rings. The van der Waals surface area contributed by atoms with Gasteiger partial charge in [0.15, 0.2) is 0 Å². The molecule has 0 saturated carbocycles. The first-order chi connectivity index (χ1) is 4.76. The summed E-state index contributed by atoms with van der Waals surface area (Å²) in [5.74, 6) is 0. The molecule has 56 valence electrons. The van der Waals surface area contributed by atoms with Gasteiger partial charge in [0.1, 0.15) is 4.61 Å². The van der Waals surface area contributed by atoms with Gasteiger partial charge in [-0.15, -0.1) is 0 Å². The van der Waals surface area contributed by atoms with E-state index in [2.05, 4.69) is 18.6 Å². The zero-order valence-corrected chi connectivity index (χ0v) is 7.58. The van der Waals surface area contributed by atoms with Gasteiger partial charge in [-0.25, -0.2) is 4.79 Å². The lowest BCUT2D eigenvalue weighted by Gasteiger charge is -2.15. The number of halogens is 1. The average molecular weight is 253 g/mol. The lowest BCUT2D eigenvalue weighted by molar-refractivity contribution is 0.143. The van der Waals surface area contributed by atoms with E-state index >= 15 is 0 Å². The molecule has 0 fully saturated rings. The Bertz CT molecular complexity index is 104. The minimum Gasteiger partial charge on any atom is -0.439 e. The lowest BCUT2D eigenvalue weighted by Crippen LogP contribution is -2.24. The fourth-order valence-corrected chi connectivity index (χ4v) is 0.611. The molecular formula is C6H8INO2. The van der Waals surface area contributed by atoms with Crippen LogP contribution in [0.5, 0.6) is 0 Å². The second-order valence-corrected chi connectivity index (χ2v) is 1.91. The zero-order chi connectivity index (χ0) is 7.98. The number of alkyl halides is 1. The number of ether oxygens (including phenoxy) is 1. The van der Waals surface area contributed by atoms with Crippen molar-refractivity contribution in [3.05, 3.63) is 26.9 Å². The number of hydrogen-bond donors (Lipinski definition) is 0. The maximum Gasteiger partial charge on any atom is 0.411 e. The lowest BCUT2D eigenvalue weighted by atomic mass is 10.6. The third-order valence-corrected chi connectivity index (χ3v) is 1.09. The fraction of sp³-hybridized carbons (Fsp3) is 0.167. The molecule has 0 unspecified atom stereocenters. The molecule has 0 aliphatic heterocycles. The molecule has 3 nitrogen and oxygen atoms in total. The van der Waals surface area contributed by atoms with Crippen LogP contribution < -0.4 is 0 Å². The molecule has 0 aliphatic carbocycles. The van der Waals surface area contributed by atoms with Gasteiger partial charge in [-0.3, -0.25) is 4.90 Å². The molecule has 1 amide bonds. The molecule has 0 bridgehead atoms. The second kappa shape index (κ2) is 5.76. The smallest absolute Gasteiger partial charge is 0.411 e. The van der Waals surface area contributed by atoms with Crippen molar-refractivity contribution in [2.75, 3.05) is 4.61 Å². The molecule has 4 heteroatoms. The van der Waals surface area contributed by atoms with E-state index in [0.29, 0.717) is 4.61 Å². The van der Waals surface area contributed by atoms with Crippen LogP contribution in [-0.2, 0) is 4.74 Å². The van der Waals surface area contributed by atoms with Crippen molar-refractivity contribution < 1.29 is 9.53 Å². The van der Waals surface area contributed by atoms with Crippen molar-refractivity contribution in [3.8, 4) is 0 Å². The normalized spacial score (nSPS) is 9.10. The highest BCUT2D eigenvalue weighted by molar-refractivity contribution is 14.1. The van der Waals surface area contributed by atoms with Crippen molar-refractivity contribution >= 4 is 28.7 Å². The number of carbonyl (C=O) groups is 1. The highest BCUT2D eigenvalue weighted by Gasteiger charge is 2.09. The fourth-order valence-electron chi connectivity index (χ4n) is 0.345. The number of nitrogens with zero attached hydrogens (tertiary/aromatic N) is 1. The number of carbonyl (C=O) groups excluding carboxylic acids is 1. The summed E-state index contributed by atoms with van der Waals surface area (Å²) in [6.07, 6.45) is -0.459. The third kappa shape index (κ3) is 3.24. The Hall–Kier alpha value is 0. The molecular weight excluding hydrogens is 245 g/mol. The quantitative estimate of drug-likeness (QED) is 0.567. The molecule has 10 heavy (non-hydrogen) atoms. The SMILES string of the molecule is [CH2][CH]N([CH][CH2])C(=O)OCI. The van der Waals surface area contributed by atoms with Crippen LogP contribution in [0.25, 0.3) is 0 Å². The van der Waals surface area contributed by atoms with Crippen LogP contribution >= 0.6 is 22.6 Å². The van der Waals surface area contributed by atoms with Gasteiger partial charge in [-0.1, -0.05) is 0 Å². The van der Waals surface area contributed by atoms with E-state index in [0.717, 1.165) is 0 Å². The summed E-state index contributed by atoms with van der Waals surface area (Å²) >= 11 is 1.93. The molecule has 0 aromatic rings. The molecule has 4 radical (unpaired) electrons. The van der Waals surface area contributed by atoms with E-state index in [9.17, 15) is 4.79 Å². The van der Waals surface area contributed by atoms with Crippen LogP contribution in [0.4, 0.5) is 4.79 Å². The van der Waals surface area contributed by atoms with Gasteiger partial charge < -0.3 is 4.74 Å². The van der Waals surface area contributed by atoms with E-state index in [1.165, 1.54) is 18.0 Å². The van der Waals surface area contributed by atoms with E-state index in [-0.39, 0.29) is 0 Å². The highest BCUT2D eigenvalue weighted by Crippen LogP contribution is 2.00. The predicted molar refractivity (Wildman–Crippen MR) is 46.5 cm³/mol. The van der Waals surface area contributed by atoms with Crippen molar-refractivity contribution in [1.29, 1.82) is 0 Å². The van der Waals surface area contributed by atoms with Crippen molar-refractivity contribution in [1.82, 2.24) is 4.90 Å². The van der Waals surface area contributed by atoms with Crippen LogP contribution in [0, 0.1) is 26.9 Å². The monoisotopic (exact) mass is 253 g/mol. The van der Waals surface area contributed by atoms with Gasteiger partial charge in [0.2, 0.25) is 0 Å². The topological polar surface area (TPSA) is 29.5 Å². The molecule has 0 heterocycles. The van der Waals surface area contributed by atoms with Crippen molar-refractivity contribution in [2.45, 2.75) is 0 Å².